The van der Waals surface area contributed by atoms with Gasteiger partial charge in [-0.15, -0.1) is 0 Å². The molecule has 1 N–H and O–H groups in total. The highest BCUT2D eigenvalue weighted by Gasteiger charge is 2.34. The highest BCUT2D eigenvalue weighted by molar-refractivity contribution is 7.92. The fourth-order valence-electron chi connectivity index (χ4n) is 4.82. The molecule has 0 aliphatic rings. The molecule has 0 spiro atoms. The molecule has 9 heteroatoms. The van der Waals surface area contributed by atoms with Gasteiger partial charge in [0, 0.05) is 18.5 Å². The fourth-order valence-corrected chi connectivity index (χ4v) is 5.67. The lowest BCUT2D eigenvalue weighted by atomic mass is 10.0. The van der Waals surface area contributed by atoms with E-state index in [-0.39, 0.29) is 18.9 Å². The number of ether oxygens (including phenoxy) is 1. The number of benzene rings is 4. The molecule has 0 unspecified atom stereocenters. The molecule has 236 valence electrons. The summed E-state index contributed by atoms with van der Waals surface area (Å²) in [6.45, 7) is 7.25. The zero-order chi connectivity index (χ0) is 32.6. The first-order chi connectivity index (χ1) is 21.3. The van der Waals surface area contributed by atoms with E-state index in [1.807, 2.05) is 113 Å². The van der Waals surface area contributed by atoms with Crippen LogP contribution in [0.25, 0.3) is 0 Å². The molecule has 8 nitrogen and oxygen atoms in total. The van der Waals surface area contributed by atoms with Gasteiger partial charge in [-0.1, -0.05) is 78.4 Å². The molecule has 2 amide bonds. The second kappa shape index (κ2) is 14.4. The van der Waals surface area contributed by atoms with Crippen molar-refractivity contribution in [1.29, 1.82) is 0 Å². The van der Waals surface area contributed by atoms with Gasteiger partial charge >= 0.3 is 0 Å². The van der Waals surface area contributed by atoms with Crippen molar-refractivity contribution >= 4 is 27.5 Å². The SMILES string of the molecule is Cc1ccc(CN(C(=O)CN(c2ccc(Oc3ccccc3)cc2)S(C)(=O)=O)[C@@H](Cc2ccccc2)C(=O)NC(C)(C)C)cc1. The number of amides is 2. The third kappa shape index (κ3) is 9.94. The van der Waals surface area contributed by atoms with Crippen LogP contribution < -0.4 is 14.4 Å². The number of hydrogen-bond donors (Lipinski definition) is 1. The number of anilines is 1. The number of sulfonamides is 1. The molecule has 1 atom stereocenters. The van der Waals surface area contributed by atoms with Crippen LogP contribution in [0.1, 0.15) is 37.5 Å². The van der Waals surface area contributed by atoms with Crippen LogP contribution in [-0.2, 0) is 32.6 Å². The zero-order valence-electron chi connectivity index (χ0n) is 26.4. The second-order valence-corrected chi connectivity index (χ2v) is 14.0. The molecule has 0 fully saturated rings. The Morgan fingerprint density at radius 1 is 0.778 bits per heavy atom. The molecule has 0 saturated heterocycles. The third-order valence-corrected chi connectivity index (χ3v) is 8.17. The van der Waals surface area contributed by atoms with Crippen molar-refractivity contribution in [1.82, 2.24) is 10.2 Å². The molecular formula is C36H41N3O5S. The Hall–Kier alpha value is -4.63. The summed E-state index contributed by atoms with van der Waals surface area (Å²) in [5.74, 6) is 0.341. The van der Waals surface area contributed by atoms with Crippen molar-refractivity contribution in [2.75, 3.05) is 17.1 Å². The van der Waals surface area contributed by atoms with E-state index in [1.165, 1.54) is 4.90 Å². The number of hydrogen-bond acceptors (Lipinski definition) is 5. The summed E-state index contributed by atoms with van der Waals surface area (Å²) >= 11 is 0. The Morgan fingerprint density at radius 2 is 1.33 bits per heavy atom. The van der Waals surface area contributed by atoms with Crippen LogP contribution >= 0.6 is 0 Å². The average Bonchev–Trinajstić information content (AvgIpc) is 2.98. The number of para-hydroxylation sites is 1. The van der Waals surface area contributed by atoms with Crippen molar-refractivity contribution < 1.29 is 22.7 Å². The topological polar surface area (TPSA) is 96.0 Å². The van der Waals surface area contributed by atoms with Gasteiger partial charge in [0.1, 0.15) is 24.1 Å². The summed E-state index contributed by atoms with van der Waals surface area (Å²) in [5.41, 5.74) is 2.52. The molecule has 0 aromatic heterocycles. The maximum absolute atomic E-state index is 14.3. The predicted molar refractivity (Wildman–Crippen MR) is 179 cm³/mol. The smallest absolute Gasteiger partial charge is 0.244 e. The number of rotatable bonds is 12. The summed E-state index contributed by atoms with van der Waals surface area (Å²) in [5, 5.41) is 3.03. The van der Waals surface area contributed by atoms with E-state index in [0.29, 0.717) is 17.2 Å². The predicted octanol–water partition coefficient (Wildman–Crippen LogP) is 6.11. The number of aryl methyl sites for hydroxylation is 1. The molecule has 0 aliphatic carbocycles. The number of carbonyl (C=O) groups excluding carboxylic acids is 2. The van der Waals surface area contributed by atoms with Gasteiger partial charge in [-0.2, -0.15) is 0 Å². The Balaban J connectivity index is 1.68. The van der Waals surface area contributed by atoms with Crippen LogP contribution in [0.15, 0.2) is 109 Å². The minimum atomic E-state index is -3.89. The average molecular weight is 628 g/mol. The monoisotopic (exact) mass is 627 g/mol. The Bertz CT molecular complexity index is 1670. The molecule has 4 aromatic carbocycles. The number of nitrogens with one attached hydrogen (secondary N) is 1. The first-order valence-electron chi connectivity index (χ1n) is 14.8. The summed E-state index contributed by atoms with van der Waals surface area (Å²) in [6, 6.07) is 32.1. The second-order valence-electron chi connectivity index (χ2n) is 12.1. The van der Waals surface area contributed by atoms with Crippen LogP contribution in [0.4, 0.5) is 5.69 Å². The highest BCUT2D eigenvalue weighted by Crippen LogP contribution is 2.26. The lowest BCUT2D eigenvalue weighted by Crippen LogP contribution is -2.56. The fraction of sp³-hybridized carbons (Fsp3) is 0.278. The lowest BCUT2D eigenvalue weighted by Gasteiger charge is -2.35. The summed E-state index contributed by atoms with van der Waals surface area (Å²) < 4.78 is 33.1. The molecule has 4 rings (SSSR count). The zero-order valence-corrected chi connectivity index (χ0v) is 27.3. The van der Waals surface area contributed by atoms with Gasteiger partial charge in [-0.3, -0.25) is 13.9 Å². The Labute approximate surface area is 266 Å². The quantitative estimate of drug-likeness (QED) is 0.205. The Morgan fingerprint density at radius 3 is 1.89 bits per heavy atom. The number of nitrogens with zero attached hydrogens (tertiary/aromatic N) is 2. The highest BCUT2D eigenvalue weighted by atomic mass is 32.2. The standard InChI is InChI=1S/C36H41N3O5S/c1-27-16-18-29(19-17-27)25-38(33(35(41)37-36(2,3)4)24-28-12-8-6-9-13-28)34(40)26-39(45(5,42)43)30-20-22-32(23-21-30)44-31-14-10-7-11-15-31/h6-23,33H,24-26H2,1-5H3,(H,37,41)/t33-/m0/s1. The molecule has 0 aliphatic heterocycles. The normalized spacial score (nSPS) is 12.2. The van der Waals surface area contributed by atoms with Crippen LogP contribution in [0, 0.1) is 6.92 Å². The van der Waals surface area contributed by atoms with E-state index >= 15 is 0 Å². The van der Waals surface area contributed by atoms with Gasteiger partial charge in [0.25, 0.3) is 0 Å². The summed E-state index contributed by atoms with van der Waals surface area (Å²) in [6.07, 6.45) is 1.32. The van der Waals surface area contributed by atoms with Crippen molar-refractivity contribution in [3.05, 3.63) is 126 Å². The van der Waals surface area contributed by atoms with Crippen LogP contribution in [-0.4, -0.2) is 49.5 Å². The van der Waals surface area contributed by atoms with E-state index in [2.05, 4.69) is 5.32 Å². The third-order valence-electron chi connectivity index (χ3n) is 7.03. The van der Waals surface area contributed by atoms with E-state index in [9.17, 15) is 18.0 Å². The molecule has 0 radical (unpaired) electrons. The largest absolute Gasteiger partial charge is 0.457 e. The minimum absolute atomic E-state index is 0.121. The van der Waals surface area contributed by atoms with E-state index < -0.39 is 34.1 Å². The molecular weight excluding hydrogens is 586 g/mol. The van der Waals surface area contributed by atoms with Crippen LogP contribution in [0.3, 0.4) is 0 Å². The van der Waals surface area contributed by atoms with Crippen LogP contribution in [0.2, 0.25) is 0 Å². The summed E-state index contributed by atoms with van der Waals surface area (Å²) in [7, 11) is -3.89. The summed E-state index contributed by atoms with van der Waals surface area (Å²) in [4.78, 5) is 29.6. The van der Waals surface area contributed by atoms with Crippen molar-refractivity contribution in [3.63, 3.8) is 0 Å². The van der Waals surface area contributed by atoms with E-state index in [4.69, 9.17) is 4.74 Å². The van der Waals surface area contributed by atoms with E-state index in [1.54, 1.807) is 24.3 Å². The maximum Gasteiger partial charge on any atom is 0.244 e. The lowest BCUT2D eigenvalue weighted by molar-refractivity contribution is -0.140. The van der Waals surface area contributed by atoms with Crippen molar-refractivity contribution in [2.45, 2.75) is 52.2 Å². The molecule has 0 saturated carbocycles. The number of carbonyl (C=O) groups is 2. The van der Waals surface area contributed by atoms with Crippen LogP contribution in [0.5, 0.6) is 11.5 Å². The van der Waals surface area contributed by atoms with Gasteiger partial charge in [-0.25, -0.2) is 8.42 Å². The first-order valence-corrected chi connectivity index (χ1v) is 16.6. The maximum atomic E-state index is 14.3. The Kier molecular flexibility index (Phi) is 10.7. The van der Waals surface area contributed by atoms with Crippen molar-refractivity contribution in [2.24, 2.45) is 0 Å². The molecule has 0 heterocycles. The van der Waals surface area contributed by atoms with Gasteiger partial charge in [0.05, 0.1) is 11.9 Å². The molecule has 4 aromatic rings. The van der Waals surface area contributed by atoms with Gasteiger partial charge in [0.15, 0.2) is 0 Å². The van der Waals surface area contributed by atoms with Crippen molar-refractivity contribution in [3.8, 4) is 11.5 Å². The van der Waals surface area contributed by atoms with Gasteiger partial charge < -0.3 is 15.0 Å². The first kappa shape index (κ1) is 33.3. The van der Waals surface area contributed by atoms with E-state index in [0.717, 1.165) is 27.3 Å². The molecule has 0 bridgehead atoms. The molecule has 45 heavy (non-hydrogen) atoms. The van der Waals surface area contributed by atoms with Gasteiger partial charge in [0.2, 0.25) is 21.8 Å². The minimum Gasteiger partial charge on any atom is -0.457 e. The van der Waals surface area contributed by atoms with Gasteiger partial charge in [-0.05, 0) is 75.2 Å².